The first-order chi connectivity index (χ1) is 14.1. The van der Waals surface area contributed by atoms with Gasteiger partial charge in [-0.3, -0.25) is 9.69 Å². The van der Waals surface area contributed by atoms with Crippen molar-refractivity contribution in [2.75, 3.05) is 32.1 Å². The molecule has 0 aliphatic carbocycles. The zero-order valence-corrected chi connectivity index (χ0v) is 17.6. The minimum atomic E-state index is 0.0966. The average molecular weight is 393 g/mol. The van der Waals surface area contributed by atoms with Gasteiger partial charge in [-0.05, 0) is 68.0 Å². The summed E-state index contributed by atoms with van der Waals surface area (Å²) in [6.45, 7) is 5.18. The van der Waals surface area contributed by atoms with Crippen molar-refractivity contribution in [3.05, 3.63) is 65.7 Å². The van der Waals surface area contributed by atoms with Gasteiger partial charge in [0, 0.05) is 25.2 Å². The SMILES string of the molecule is COc1ccc(NC(=O)CC[C@H]2CCCN(C/C=C/c3ccccc3)C2)c(C)c1. The van der Waals surface area contributed by atoms with Crippen molar-refractivity contribution in [3.8, 4) is 5.75 Å². The zero-order chi connectivity index (χ0) is 20.5. The van der Waals surface area contributed by atoms with E-state index in [1.807, 2.05) is 31.2 Å². The third kappa shape index (κ3) is 6.75. The molecule has 1 aliphatic rings. The number of anilines is 1. The van der Waals surface area contributed by atoms with E-state index in [0.717, 1.165) is 43.1 Å². The number of hydrogen-bond donors (Lipinski definition) is 1. The topological polar surface area (TPSA) is 41.6 Å². The van der Waals surface area contributed by atoms with Crippen LogP contribution in [-0.2, 0) is 4.79 Å². The Morgan fingerprint density at radius 3 is 2.83 bits per heavy atom. The summed E-state index contributed by atoms with van der Waals surface area (Å²) in [5.41, 5.74) is 3.13. The third-order valence-corrected chi connectivity index (χ3v) is 5.56. The van der Waals surface area contributed by atoms with Gasteiger partial charge in [-0.2, -0.15) is 0 Å². The molecule has 3 rings (SSSR count). The number of likely N-dealkylation sites (tertiary alicyclic amines) is 1. The summed E-state index contributed by atoms with van der Waals surface area (Å²) < 4.78 is 5.22. The molecule has 1 saturated heterocycles. The van der Waals surface area contributed by atoms with Gasteiger partial charge in [-0.25, -0.2) is 0 Å². The van der Waals surface area contributed by atoms with E-state index in [1.165, 1.54) is 18.4 Å². The molecule has 1 amide bonds. The number of piperidine rings is 1. The quantitative estimate of drug-likeness (QED) is 0.676. The summed E-state index contributed by atoms with van der Waals surface area (Å²) >= 11 is 0. The number of nitrogens with zero attached hydrogens (tertiary/aromatic N) is 1. The second-order valence-electron chi connectivity index (χ2n) is 7.85. The second-order valence-corrected chi connectivity index (χ2v) is 7.85. The number of methoxy groups -OCH3 is 1. The van der Waals surface area contributed by atoms with Crippen LogP contribution in [0.2, 0.25) is 0 Å². The molecule has 154 valence electrons. The van der Waals surface area contributed by atoms with E-state index >= 15 is 0 Å². The number of ether oxygens (including phenoxy) is 1. The van der Waals surface area contributed by atoms with Crippen LogP contribution >= 0.6 is 0 Å². The molecule has 4 heteroatoms. The van der Waals surface area contributed by atoms with Crippen LogP contribution in [0.4, 0.5) is 5.69 Å². The van der Waals surface area contributed by atoms with E-state index < -0.39 is 0 Å². The summed E-state index contributed by atoms with van der Waals surface area (Å²) in [5.74, 6) is 1.50. The van der Waals surface area contributed by atoms with Crippen molar-refractivity contribution in [2.24, 2.45) is 5.92 Å². The number of hydrogen-bond acceptors (Lipinski definition) is 3. The van der Waals surface area contributed by atoms with Crippen LogP contribution in [0.25, 0.3) is 6.08 Å². The van der Waals surface area contributed by atoms with Crippen molar-refractivity contribution in [3.63, 3.8) is 0 Å². The van der Waals surface area contributed by atoms with Gasteiger partial charge in [-0.15, -0.1) is 0 Å². The van der Waals surface area contributed by atoms with Crippen LogP contribution in [-0.4, -0.2) is 37.6 Å². The third-order valence-electron chi connectivity index (χ3n) is 5.56. The van der Waals surface area contributed by atoms with Crippen molar-refractivity contribution >= 4 is 17.7 Å². The van der Waals surface area contributed by atoms with Gasteiger partial charge in [0.2, 0.25) is 5.91 Å². The lowest BCUT2D eigenvalue weighted by Crippen LogP contribution is -2.35. The van der Waals surface area contributed by atoms with Gasteiger partial charge < -0.3 is 10.1 Å². The highest BCUT2D eigenvalue weighted by Gasteiger charge is 2.20. The van der Waals surface area contributed by atoms with Gasteiger partial charge in [0.05, 0.1) is 7.11 Å². The standard InChI is InChI=1S/C25H32N2O2/c1-20-18-23(29-2)13-14-24(20)26-25(28)15-12-22-11-7-17-27(19-22)16-6-10-21-8-4-3-5-9-21/h3-6,8-10,13-14,18,22H,7,11-12,15-17,19H2,1-2H3,(H,26,28)/b10-6+/t22-/m1/s1. The molecular formula is C25H32N2O2. The smallest absolute Gasteiger partial charge is 0.224 e. The Bertz CT molecular complexity index is 817. The van der Waals surface area contributed by atoms with Gasteiger partial charge >= 0.3 is 0 Å². The fourth-order valence-corrected chi connectivity index (χ4v) is 3.91. The molecule has 0 bridgehead atoms. The minimum absolute atomic E-state index is 0.0966. The Hall–Kier alpha value is -2.59. The number of rotatable bonds is 8. The van der Waals surface area contributed by atoms with Crippen LogP contribution in [0.5, 0.6) is 5.75 Å². The Labute approximate surface area is 174 Å². The number of amides is 1. The maximum absolute atomic E-state index is 12.4. The molecule has 1 atom stereocenters. The molecule has 1 N–H and O–H groups in total. The lowest BCUT2D eigenvalue weighted by molar-refractivity contribution is -0.116. The number of aryl methyl sites for hydroxylation is 1. The fraction of sp³-hybridized carbons (Fsp3) is 0.400. The summed E-state index contributed by atoms with van der Waals surface area (Å²) in [7, 11) is 1.65. The highest BCUT2D eigenvalue weighted by atomic mass is 16.5. The number of nitrogens with one attached hydrogen (secondary N) is 1. The molecule has 29 heavy (non-hydrogen) atoms. The summed E-state index contributed by atoms with van der Waals surface area (Å²) in [4.78, 5) is 14.9. The van der Waals surface area contributed by atoms with Crippen molar-refractivity contribution < 1.29 is 9.53 Å². The first-order valence-corrected chi connectivity index (χ1v) is 10.5. The van der Waals surface area contributed by atoms with Crippen LogP contribution in [0, 0.1) is 12.8 Å². The molecular weight excluding hydrogens is 360 g/mol. The van der Waals surface area contributed by atoms with Crippen molar-refractivity contribution in [1.82, 2.24) is 4.90 Å². The molecule has 0 radical (unpaired) electrons. The van der Waals surface area contributed by atoms with Crippen LogP contribution in [0.15, 0.2) is 54.6 Å². The van der Waals surface area contributed by atoms with Crippen LogP contribution in [0.3, 0.4) is 0 Å². The fourth-order valence-electron chi connectivity index (χ4n) is 3.91. The largest absolute Gasteiger partial charge is 0.497 e. The first kappa shape index (κ1) is 21.1. The maximum atomic E-state index is 12.4. The Kier molecular flexibility index (Phi) is 7.88. The molecule has 1 aliphatic heterocycles. The number of carbonyl (C=O) groups excluding carboxylic acids is 1. The summed E-state index contributed by atoms with van der Waals surface area (Å²) in [6.07, 6.45) is 8.38. The predicted octanol–water partition coefficient (Wildman–Crippen LogP) is 5.15. The Morgan fingerprint density at radius 2 is 2.07 bits per heavy atom. The predicted molar refractivity (Wildman–Crippen MR) is 120 cm³/mol. The number of carbonyl (C=O) groups is 1. The Morgan fingerprint density at radius 1 is 1.24 bits per heavy atom. The van der Waals surface area contributed by atoms with Gasteiger partial charge in [0.25, 0.3) is 0 Å². The molecule has 2 aromatic rings. The van der Waals surface area contributed by atoms with E-state index in [2.05, 4.69) is 46.6 Å². The molecule has 2 aromatic carbocycles. The molecule has 0 aromatic heterocycles. The molecule has 0 unspecified atom stereocenters. The maximum Gasteiger partial charge on any atom is 0.224 e. The molecule has 0 spiro atoms. The lowest BCUT2D eigenvalue weighted by Gasteiger charge is -2.32. The van der Waals surface area contributed by atoms with Gasteiger partial charge in [0.1, 0.15) is 5.75 Å². The summed E-state index contributed by atoms with van der Waals surface area (Å²) in [6, 6.07) is 16.1. The van der Waals surface area contributed by atoms with E-state index in [4.69, 9.17) is 4.74 Å². The van der Waals surface area contributed by atoms with E-state index in [-0.39, 0.29) is 5.91 Å². The van der Waals surface area contributed by atoms with Crippen LogP contribution < -0.4 is 10.1 Å². The second kappa shape index (κ2) is 10.8. The van der Waals surface area contributed by atoms with E-state index in [1.54, 1.807) is 7.11 Å². The molecule has 1 heterocycles. The van der Waals surface area contributed by atoms with Gasteiger partial charge in [-0.1, -0.05) is 42.5 Å². The van der Waals surface area contributed by atoms with Crippen molar-refractivity contribution in [1.29, 1.82) is 0 Å². The van der Waals surface area contributed by atoms with Gasteiger partial charge in [0.15, 0.2) is 0 Å². The van der Waals surface area contributed by atoms with E-state index in [9.17, 15) is 4.79 Å². The lowest BCUT2D eigenvalue weighted by atomic mass is 9.93. The monoisotopic (exact) mass is 392 g/mol. The van der Waals surface area contributed by atoms with Crippen molar-refractivity contribution in [2.45, 2.75) is 32.6 Å². The van der Waals surface area contributed by atoms with E-state index in [0.29, 0.717) is 12.3 Å². The minimum Gasteiger partial charge on any atom is -0.497 e. The Balaban J connectivity index is 1.42. The molecule has 4 nitrogen and oxygen atoms in total. The highest BCUT2D eigenvalue weighted by Crippen LogP contribution is 2.23. The normalized spacial score (nSPS) is 17.4. The van der Waals surface area contributed by atoms with Crippen LogP contribution in [0.1, 0.15) is 36.8 Å². The first-order valence-electron chi connectivity index (χ1n) is 10.5. The summed E-state index contributed by atoms with van der Waals surface area (Å²) in [5, 5.41) is 3.05. The highest BCUT2D eigenvalue weighted by molar-refractivity contribution is 5.91. The average Bonchev–Trinajstić information content (AvgIpc) is 2.75. The zero-order valence-electron chi connectivity index (χ0n) is 17.6. The number of benzene rings is 2. The molecule has 0 saturated carbocycles. The molecule has 1 fully saturated rings.